The van der Waals surface area contributed by atoms with E-state index in [0.717, 1.165) is 25.8 Å². The smallest absolute Gasteiger partial charge is 0.211 e. The lowest BCUT2D eigenvalue weighted by molar-refractivity contribution is 0.516. The van der Waals surface area contributed by atoms with Crippen LogP contribution in [0.5, 0.6) is 0 Å². The molecule has 2 rings (SSSR count). The van der Waals surface area contributed by atoms with Gasteiger partial charge in [-0.05, 0) is 50.8 Å². The van der Waals surface area contributed by atoms with Crippen LogP contribution in [0.4, 0.5) is 0 Å². The highest BCUT2D eigenvalue weighted by Gasteiger charge is 2.21. The van der Waals surface area contributed by atoms with Crippen molar-refractivity contribution in [2.75, 3.05) is 18.8 Å². The molecular formula is C15H24N2O2S. The van der Waals surface area contributed by atoms with Crippen LogP contribution in [0.15, 0.2) is 18.2 Å². The number of rotatable bonds is 7. The molecule has 0 radical (unpaired) electrons. The summed E-state index contributed by atoms with van der Waals surface area (Å²) in [6.07, 6.45) is 3.09. The van der Waals surface area contributed by atoms with Gasteiger partial charge in [0.25, 0.3) is 0 Å². The van der Waals surface area contributed by atoms with Gasteiger partial charge in [0.05, 0.1) is 5.75 Å². The Hall–Kier alpha value is -0.910. The van der Waals surface area contributed by atoms with Crippen molar-refractivity contribution in [3.8, 4) is 0 Å². The maximum Gasteiger partial charge on any atom is 0.211 e. The molecule has 1 aliphatic rings. The zero-order valence-electron chi connectivity index (χ0n) is 12.3. The molecule has 0 saturated carbocycles. The number of benzene rings is 1. The lowest BCUT2D eigenvalue weighted by atomic mass is 10.1. The summed E-state index contributed by atoms with van der Waals surface area (Å²) in [6.45, 7) is 5.12. The van der Waals surface area contributed by atoms with Crippen LogP contribution in [0.1, 0.15) is 42.5 Å². The first-order valence-corrected chi connectivity index (χ1v) is 8.97. The van der Waals surface area contributed by atoms with Crippen LogP contribution in [0.2, 0.25) is 0 Å². The highest BCUT2D eigenvalue weighted by atomic mass is 32.2. The molecule has 0 spiro atoms. The molecule has 20 heavy (non-hydrogen) atoms. The van der Waals surface area contributed by atoms with Crippen LogP contribution in [0, 0.1) is 6.92 Å². The van der Waals surface area contributed by atoms with Crippen molar-refractivity contribution in [3.63, 3.8) is 0 Å². The SMILES string of the molecule is CCS(=O)(=O)NCCCN[C@H]1CCc2ccc(C)cc21. The second-order valence-corrected chi connectivity index (χ2v) is 7.49. The summed E-state index contributed by atoms with van der Waals surface area (Å²) in [5, 5.41) is 3.53. The standard InChI is InChI=1S/C15H24N2O2S/c1-3-20(18,19)17-10-4-9-16-15-8-7-13-6-5-12(2)11-14(13)15/h5-6,11,15-17H,3-4,7-10H2,1-2H3/t15-/m0/s1. The van der Waals surface area contributed by atoms with Gasteiger partial charge in [-0.3, -0.25) is 0 Å². The number of hydrogen-bond donors (Lipinski definition) is 2. The highest BCUT2D eigenvalue weighted by Crippen LogP contribution is 2.31. The van der Waals surface area contributed by atoms with Crippen LogP contribution in [0.25, 0.3) is 0 Å². The molecule has 0 saturated heterocycles. The fraction of sp³-hybridized carbons (Fsp3) is 0.600. The predicted octanol–water partition coefficient (Wildman–Crippen LogP) is 1.90. The summed E-state index contributed by atoms with van der Waals surface area (Å²) in [5.41, 5.74) is 4.16. The van der Waals surface area contributed by atoms with Crippen LogP contribution in [0.3, 0.4) is 0 Å². The van der Waals surface area contributed by atoms with Crippen molar-refractivity contribution in [2.24, 2.45) is 0 Å². The van der Waals surface area contributed by atoms with Crippen LogP contribution >= 0.6 is 0 Å². The van der Waals surface area contributed by atoms with E-state index < -0.39 is 10.0 Å². The maximum atomic E-state index is 11.3. The number of hydrogen-bond acceptors (Lipinski definition) is 3. The van der Waals surface area contributed by atoms with E-state index in [9.17, 15) is 8.42 Å². The molecule has 2 N–H and O–H groups in total. The van der Waals surface area contributed by atoms with Crippen molar-refractivity contribution < 1.29 is 8.42 Å². The Bertz CT molecular complexity index is 555. The average Bonchev–Trinajstić information content (AvgIpc) is 2.81. The lowest BCUT2D eigenvalue weighted by Gasteiger charge is -2.14. The van der Waals surface area contributed by atoms with Crippen LogP contribution in [-0.4, -0.2) is 27.3 Å². The molecule has 112 valence electrons. The largest absolute Gasteiger partial charge is 0.310 e. The van der Waals surface area contributed by atoms with Crippen molar-refractivity contribution in [3.05, 3.63) is 34.9 Å². The first-order valence-electron chi connectivity index (χ1n) is 7.32. The van der Waals surface area contributed by atoms with E-state index in [1.807, 2.05) is 0 Å². The zero-order valence-corrected chi connectivity index (χ0v) is 13.1. The van der Waals surface area contributed by atoms with Gasteiger partial charge in [-0.1, -0.05) is 23.8 Å². The molecule has 1 aromatic rings. The molecule has 0 unspecified atom stereocenters. The van der Waals surface area contributed by atoms with Gasteiger partial charge < -0.3 is 5.32 Å². The fourth-order valence-corrected chi connectivity index (χ4v) is 3.29. The summed E-state index contributed by atoms with van der Waals surface area (Å²) in [6, 6.07) is 7.08. The number of aryl methyl sites for hydroxylation is 2. The first-order chi connectivity index (χ1) is 9.52. The van der Waals surface area contributed by atoms with Crippen molar-refractivity contribution in [2.45, 2.75) is 39.2 Å². The molecule has 5 heteroatoms. The van der Waals surface area contributed by atoms with Gasteiger partial charge in [0.1, 0.15) is 0 Å². The minimum atomic E-state index is -3.05. The Kier molecular flexibility index (Phi) is 5.18. The van der Waals surface area contributed by atoms with Gasteiger partial charge in [0, 0.05) is 12.6 Å². The second-order valence-electron chi connectivity index (χ2n) is 5.40. The van der Waals surface area contributed by atoms with E-state index >= 15 is 0 Å². The van der Waals surface area contributed by atoms with E-state index in [4.69, 9.17) is 0 Å². The topological polar surface area (TPSA) is 58.2 Å². The molecule has 0 aromatic heterocycles. The normalized spacial score (nSPS) is 18.2. The Morgan fingerprint density at radius 3 is 2.85 bits per heavy atom. The minimum absolute atomic E-state index is 0.149. The van der Waals surface area contributed by atoms with E-state index in [1.54, 1.807) is 6.92 Å². The van der Waals surface area contributed by atoms with Crippen molar-refractivity contribution in [1.29, 1.82) is 0 Å². The summed E-state index contributed by atoms with van der Waals surface area (Å²) >= 11 is 0. The summed E-state index contributed by atoms with van der Waals surface area (Å²) in [4.78, 5) is 0. The third-order valence-corrected chi connectivity index (χ3v) is 5.23. The molecule has 0 aliphatic heterocycles. The molecular weight excluding hydrogens is 272 g/mol. The molecule has 0 amide bonds. The molecule has 0 bridgehead atoms. The Morgan fingerprint density at radius 1 is 1.30 bits per heavy atom. The van der Waals surface area contributed by atoms with E-state index in [1.165, 1.54) is 16.7 Å². The maximum absolute atomic E-state index is 11.3. The third kappa shape index (κ3) is 4.04. The van der Waals surface area contributed by atoms with Gasteiger partial charge >= 0.3 is 0 Å². The van der Waals surface area contributed by atoms with E-state index in [0.29, 0.717) is 12.6 Å². The quantitative estimate of drug-likeness (QED) is 0.756. The number of sulfonamides is 1. The first kappa shape index (κ1) is 15.5. The summed E-state index contributed by atoms with van der Waals surface area (Å²) < 4.78 is 25.2. The molecule has 1 aromatic carbocycles. The van der Waals surface area contributed by atoms with Gasteiger partial charge in [0.2, 0.25) is 10.0 Å². The van der Waals surface area contributed by atoms with Gasteiger partial charge in [-0.2, -0.15) is 0 Å². The summed E-state index contributed by atoms with van der Waals surface area (Å²) in [7, 11) is -3.05. The van der Waals surface area contributed by atoms with Crippen LogP contribution < -0.4 is 10.0 Å². The van der Waals surface area contributed by atoms with Gasteiger partial charge in [-0.25, -0.2) is 13.1 Å². The third-order valence-electron chi connectivity index (χ3n) is 3.83. The molecule has 4 nitrogen and oxygen atoms in total. The second kappa shape index (κ2) is 6.70. The summed E-state index contributed by atoms with van der Waals surface area (Å²) in [5.74, 6) is 0.149. The minimum Gasteiger partial charge on any atom is -0.310 e. The van der Waals surface area contributed by atoms with Gasteiger partial charge in [-0.15, -0.1) is 0 Å². The van der Waals surface area contributed by atoms with Crippen molar-refractivity contribution >= 4 is 10.0 Å². The van der Waals surface area contributed by atoms with Gasteiger partial charge in [0.15, 0.2) is 0 Å². The van der Waals surface area contributed by atoms with E-state index in [-0.39, 0.29) is 5.75 Å². The number of fused-ring (bicyclic) bond motifs is 1. The van der Waals surface area contributed by atoms with E-state index in [2.05, 4.69) is 35.2 Å². The fourth-order valence-electron chi connectivity index (χ4n) is 2.63. The molecule has 1 atom stereocenters. The Labute approximate surface area is 122 Å². The predicted molar refractivity (Wildman–Crippen MR) is 82.3 cm³/mol. The Morgan fingerprint density at radius 2 is 2.10 bits per heavy atom. The molecule has 1 aliphatic carbocycles. The molecule has 0 heterocycles. The number of nitrogens with one attached hydrogen (secondary N) is 2. The van der Waals surface area contributed by atoms with Crippen LogP contribution in [-0.2, 0) is 16.4 Å². The highest BCUT2D eigenvalue weighted by molar-refractivity contribution is 7.89. The monoisotopic (exact) mass is 296 g/mol. The lowest BCUT2D eigenvalue weighted by Crippen LogP contribution is -2.29. The Balaban J connectivity index is 1.76. The van der Waals surface area contributed by atoms with Crippen molar-refractivity contribution in [1.82, 2.24) is 10.0 Å². The zero-order chi connectivity index (χ0) is 14.6. The average molecular weight is 296 g/mol. The molecule has 0 fully saturated rings.